The molecule has 0 fully saturated rings. The maximum Gasteiger partial charge on any atom is 0.137 e. The van der Waals surface area contributed by atoms with E-state index in [9.17, 15) is 0 Å². The molecule has 0 radical (unpaired) electrons. The largest absolute Gasteiger partial charge is 0.381 e. The first-order valence-corrected chi connectivity index (χ1v) is 7.11. The third-order valence-electron chi connectivity index (χ3n) is 3.45. The quantitative estimate of drug-likeness (QED) is 0.754. The number of H-pyrrole nitrogens is 1. The van der Waals surface area contributed by atoms with E-state index in [2.05, 4.69) is 64.6 Å². The van der Waals surface area contributed by atoms with Gasteiger partial charge in [-0.3, -0.25) is 0 Å². The fourth-order valence-electron chi connectivity index (χ4n) is 2.50. The van der Waals surface area contributed by atoms with Gasteiger partial charge in [-0.15, -0.1) is 0 Å². The van der Waals surface area contributed by atoms with Crippen LogP contribution in [0.2, 0.25) is 0 Å². The maximum atomic E-state index is 4.31. The van der Waals surface area contributed by atoms with Gasteiger partial charge in [0.25, 0.3) is 0 Å². The van der Waals surface area contributed by atoms with Crippen molar-refractivity contribution in [2.45, 2.75) is 13.1 Å². The third kappa shape index (κ3) is 3.23. The zero-order valence-electron chi connectivity index (χ0n) is 12.4. The zero-order valence-corrected chi connectivity index (χ0v) is 12.4. The number of pyridine rings is 1. The number of rotatable bonds is 5. The van der Waals surface area contributed by atoms with Crippen molar-refractivity contribution >= 4 is 16.7 Å². The number of benzene rings is 1. The summed E-state index contributed by atoms with van der Waals surface area (Å²) in [6.45, 7) is 1.74. The van der Waals surface area contributed by atoms with Gasteiger partial charge >= 0.3 is 0 Å². The Bertz CT molecular complexity index is 730. The second-order valence-electron chi connectivity index (χ2n) is 5.51. The second kappa shape index (κ2) is 5.97. The van der Waals surface area contributed by atoms with Crippen molar-refractivity contribution < 1.29 is 0 Å². The number of nitrogens with one attached hydrogen (secondary N) is 2. The SMILES string of the molecule is CN(C)Cc1cccc(NCc2c[nH]c3ncccc23)c1. The van der Waals surface area contributed by atoms with Crippen LogP contribution in [-0.2, 0) is 13.1 Å². The van der Waals surface area contributed by atoms with Gasteiger partial charge in [0.15, 0.2) is 0 Å². The topological polar surface area (TPSA) is 44.0 Å². The van der Waals surface area contributed by atoms with Gasteiger partial charge in [0, 0.05) is 36.6 Å². The van der Waals surface area contributed by atoms with E-state index < -0.39 is 0 Å². The molecule has 2 N–H and O–H groups in total. The van der Waals surface area contributed by atoms with E-state index in [1.807, 2.05) is 12.3 Å². The van der Waals surface area contributed by atoms with Gasteiger partial charge in [-0.25, -0.2) is 4.98 Å². The Morgan fingerprint density at radius 1 is 1.19 bits per heavy atom. The van der Waals surface area contributed by atoms with Crippen LogP contribution in [0.3, 0.4) is 0 Å². The summed E-state index contributed by atoms with van der Waals surface area (Å²) in [5, 5.41) is 4.66. The first-order chi connectivity index (χ1) is 10.2. The molecule has 0 atom stereocenters. The molecule has 3 aromatic rings. The Hall–Kier alpha value is -2.33. The Balaban J connectivity index is 1.72. The molecule has 108 valence electrons. The van der Waals surface area contributed by atoms with Gasteiger partial charge in [-0.1, -0.05) is 12.1 Å². The number of aromatic amines is 1. The summed E-state index contributed by atoms with van der Waals surface area (Å²) in [7, 11) is 4.16. The van der Waals surface area contributed by atoms with Crippen LogP contribution in [-0.4, -0.2) is 29.0 Å². The first kappa shape index (κ1) is 13.6. The van der Waals surface area contributed by atoms with Crippen molar-refractivity contribution in [3.63, 3.8) is 0 Å². The molecule has 0 aliphatic carbocycles. The van der Waals surface area contributed by atoms with Crippen molar-refractivity contribution in [2.75, 3.05) is 19.4 Å². The minimum Gasteiger partial charge on any atom is -0.381 e. The monoisotopic (exact) mass is 280 g/mol. The summed E-state index contributed by atoms with van der Waals surface area (Å²) in [5.41, 5.74) is 4.63. The average molecular weight is 280 g/mol. The highest BCUT2D eigenvalue weighted by Crippen LogP contribution is 2.18. The number of hydrogen-bond donors (Lipinski definition) is 2. The lowest BCUT2D eigenvalue weighted by atomic mass is 10.1. The van der Waals surface area contributed by atoms with Crippen LogP contribution in [0.1, 0.15) is 11.1 Å². The Morgan fingerprint density at radius 2 is 2.10 bits per heavy atom. The Labute approximate surface area is 124 Å². The van der Waals surface area contributed by atoms with Crippen LogP contribution in [0.4, 0.5) is 5.69 Å². The Kier molecular flexibility index (Phi) is 3.88. The van der Waals surface area contributed by atoms with E-state index in [0.29, 0.717) is 0 Å². The summed E-state index contributed by atoms with van der Waals surface area (Å²) in [4.78, 5) is 9.69. The van der Waals surface area contributed by atoms with Gasteiger partial charge in [0.05, 0.1) is 0 Å². The molecule has 0 amide bonds. The standard InChI is InChI=1S/C17H20N4/c1-21(2)12-13-5-3-6-15(9-13)19-10-14-11-20-17-16(14)7-4-8-18-17/h3-9,11,19H,10,12H2,1-2H3,(H,18,20). The van der Waals surface area contributed by atoms with E-state index in [1.165, 1.54) is 16.5 Å². The van der Waals surface area contributed by atoms with Crippen LogP contribution < -0.4 is 5.32 Å². The summed E-state index contributed by atoms with van der Waals surface area (Å²) in [6.07, 6.45) is 3.83. The molecule has 0 aliphatic heterocycles. The molecule has 0 aliphatic rings. The van der Waals surface area contributed by atoms with Crippen molar-refractivity contribution in [3.05, 3.63) is 59.9 Å². The normalized spacial score (nSPS) is 11.2. The number of nitrogens with zero attached hydrogens (tertiary/aromatic N) is 2. The summed E-state index contributed by atoms with van der Waals surface area (Å²) < 4.78 is 0. The van der Waals surface area contributed by atoms with E-state index in [-0.39, 0.29) is 0 Å². The highest BCUT2D eigenvalue weighted by molar-refractivity contribution is 5.79. The molecule has 4 heteroatoms. The lowest BCUT2D eigenvalue weighted by Crippen LogP contribution is -2.10. The lowest BCUT2D eigenvalue weighted by Gasteiger charge is -2.12. The molecule has 2 heterocycles. The third-order valence-corrected chi connectivity index (χ3v) is 3.45. The smallest absolute Gasteiger partial charge is 0.137 e. The van der Waals surface area contributed by atoms with Crippen LogP contribution in [0, 0.1) is 0 Å². The molecule has 2 aromatic heterocycles. The van der Waals surface area contributed by atoms with Crippen molar-refractivity contribution in [2.24, 2.45) is 0 Å². The molecule has 1 aromatic carbocycles. The van der Waals surface area contributed by atoms with Gasteiger partial charge in [0.2, 0.25) is 0 Å². The average Bonchev–Trinajstić information content (AvgIpc) is 2.88. The maximum absolute atomic E-state index is 4.31. The predicted molar refractivity (Wildman–Crippen MR) is 87.3 cm³/mol. The summed E-state index contributed by atoms with van der Waals surface area (Å²) >= 11 is 0. The zero-order chi connectivity index (χ0) is 14.7. The van der Waals surface area contributed by atoms with Gasteiger partial charge in [-0.2, -0.15) is 0 Å². The highest BCUT2D eigenvalue weighted by Gasteiger charge is 2.04. The minimum atomic E-state index is 0.789. The lowest BCUT2D eigenvalue weighted by molar-refractivity contribution is 0.402. The van der Waals surface area contributed by atoms with Crippen LogP contribution >= 0.6 is 0 Å². The first-order valence-electron chi connectivity index (χ1n) is 7.11. The molecule has 0 saturated heterocycles. The van der Waals surface area contributed by atoms with Gasteiger partial charge < -0.3 is 15.2 Å². The van der Waals surface area contributed by atoms with Crippen LogP contribution in [0.25, 0.3) is 11.0 Å². The minimum absolute atomic E-state index is 0.789. The number of fused-ring (bicyclic) bond motifs is 1. The van der Waals surface area contributed by atoms with Crippen LogP contribution in [0.5, 0.6) is 0 Å². The van der Waals surface area contributed by atoms with E-state index in [4.69, 9.17) is 0 Å². The van der Waals surface area contributed by atoms with Crippen molar-refractivity contribution in [1.29, 1.82) is 0 Å². The van der Waals surface area contributed by atoms with Crippen molar-refractivity contribution in [3.8, 4) is 0 Å². The summed E-state index contributed by atoms with van der Waals surface area (Å²) in [6, 6.07) is 12.6. The van der Waals surface area contributed by atoms with Gasteiger partial charge in [-0.05, 0) is 49.5 Å². The molecular formula is C17H20N4. The number of aromatic nitrogens is 2. The second-order valence-corrected chi connectivity index (χ2v) is 5.51. The van der Waals surface area contributed by atoms with Crippen molar-refractivity contribution in [1.82, 2.24) is 14.9 Å². The highest BCUT2D eigenvalue weighted by atomic mass is 15.0. The molecule has 3 rings (SSSR count). The molecule has 21 heavy (non-hydrogen) atoms. The molecule has 0 saturated carbocycles. The van der Waals surface area contributed by atoms with E-state index in [0.717, 1.165) is 24.4 Å². The molecule has 0 bridgehead atoms. The van der Waals surface area contributed by atoms with Crippen LogP contribution in [0.15, 0.2) is 48.8 Å². The predicted octanol–water partition coefficient (Wildman–Crippen LogP) is 3.24. The van der Waals surface area contributed by atoms with E-state index >= 15 is 0 Å². The van der Waals surface area contributed by atoms with Gasteiger partial charge in [0.1, 0.15) is 5.65 Å². The Morgan fingerprint density at radius 3 is 2.95 bits per heavy atom. The number of anilines is 1. The fourth-order valence-corrected chi connectivity index (χ4v) is 2.50. The molecule has 4 nitrogen and oxygen atoms in total. The number of hydrogen-bond acceptors (Lipinski definition) is 3. The molecule has 0 unspecified atom stereocenters. The molecule has 0 spiro atoms. The molecular weight excluding hydrogens is 260 g/mol. The van der Waals surface area contributed by atoms with E-state index in [1.54, 1.807) is 6.20 Å². The fraction of sp³-hybridized carbons (Fsp3) is 0.235. The summed E-state index contributed by atoms with van der Waals surface area (Å²) in [5.74, 6) is 0.